The molecule has 0 unspecified atom stereocenters. The molecule has 0 bridgehead atoms. The van der Waals surface area contributed by atoms with E-state index in [-0.39, 0.29) is 22.6 Å². The maximum Gasteiger partial charge on any atom is 0.248 e. The van der Waals surface area contributed by atoms with Gasteiger partial charge in [0, 0.05) is 17.2 Å². The van der Waals surface area contributed by atoms with Crippen LogP contribution in [0.25, 0.3) is 22.9 Å². The lowest BCUT2D eigenvalue weighted by atomic mass is 10.2. The Morgan fingerprint density at radius 2 is 1.68 bits per heavy atom. The lowest BCUT2D eigenvalue weighted by molar-refractivity contribution is 0.402. The van der Waals surface area contributed by atoms with Gasteiger partial charge in [-0.05, 0) is 43.2 Å². The van der Waals surface area contributed by atoms with Crippen molar-refractivity contribution in [3.05, 3.63) is 48.5 Å². The highest BCUT2D eigenvalue weighted by atomic mass is 32.2. The predicted molar refractivity (Wildman–Crippen MR) is 104 cm³/mol. The van der Waals surface area contributed by atoms with E-state index < -0.39 is 10.0 Å². The van der Waals surface area contributed by atoms with Gasteiger partial charge in [-0.2, -0.15) is 0 Å². The quantitative estimate of drug-likeness (QED) is 0.680. The first kappa shape index (κ1) is 18.6. The Bertz CT molecular complexity index is 1060. The Kier molecular flexibility index (Phi) is 5.15. The number of rotatable bonds is 6. The van der Waals surface area contributed by atoms with E-state index >= 15 is 0 Å². The third-order valence-corrected chi connectivity index (χ3v) is 6.36. The number of benzene rings is 2. The van der Waals surface area contributed by atoms with Gasteiger partial charge in [0.1, 0.15) is 10.6 Å². The number of aromatic nitrogens is 2. The van der Waals surface area contributed by atoms with Gasteiger partial charge in [-0.25, -0.2) is 13.1 Å². The van der Waals surface area contributed by atoms with E-state index in [2.05, 4.69) is 14.9 Å². The summed E-state index contributed by atoms with van der Waals surface area (Å²) in [6, 6.07) is 14.2. The number of nitrogens with zero attached hydrogens (tertiary/aromatic N) is 2. The molecular weight excluding hydrogens is 378 g/mol. The van der Waals surface area contributed by atoms with Gasteiger partial charge in [-0.3, -0.25) is 0 Å². The lowest BCUT2D eigenvalue weighted by Crippen LogP contribution is -2.32. The van der Waals surface area contributed by atoms with Crippen molar-refractivity contribution < 1.29 is 17.6 Å². The van der Waals surface area contributed by atoms with E-state index in [0.717, 1.165) is 31.2 Å². The van der Waals surface area contributed by atoms with Crippen LogP contribution in [0, 0.1) is 0 Å². The van der Waals surface area contributed by atoms with Crippen molar-refractivity contribution in [2.45, 2.75) is 36.6 Å². The predicted octanol–water partition coefficient (Wildman–Crippen LogP) is 3.63. The summed E-state index contributed by atoms with van der Waals surface area (Å²) in [4.78, 5) is 0.0684. The highest BCUT2D eigenvalue weighted by Gasteiger charge is 2.26. The molecule has 1 heterocycles. The molecule has 7 nitrogen and oxygen atoms in total. The van der Waals surface area contributed by atoms with Gasteiger partial charge in [-0.1, -0.05) is 31.0 Å². The minimum absolute atomic E-state index is 0.0357. The van der Waals surface area contributed by atoms with Gasteiger partial charge in [0.25, 0.3) is 0 Å². The molecule has 8 heteroatoms. The minimum atomic E-state index is -3.73. The van der Waals surface area contributed by atoms with Crippen molar-refractivity contribution in [3.8, 4) is 28.7 Å². The van der Waals surface area contributed by atoms with Gasteiger partial charge in [0.05, 0.1) is 7.11 Å². The molecule has 1 saturated carbocycles. The molecule has 0 aliphatic heterocycles. The van der Waals surface area contributed by atoms with Gasteiger partial charge in [0.2, 0.25) is 21.8 Å². The third-order valence-electron chi connectivity index (χ3n) is 4.82. The summed E-state index contributed by atoms with van der Waals surface area (Å²) in [7, 11) is -2.28. The molecule has 1 N–H and O–H groups in total. The monoisotopic (exact) mass is 399 g/mol. The first-order valence-corrected chi connectivity index (χ1v) is 10.6. The number of methoxy groups -OCH3 is 1. The topological polar surface area (TPSA) is 94.3 Å². The zero-order valence-electron chi connectivity index (χ0n) is 15.5. The molecular formula is C20H21N3O4S. The molecule has 1 fully saturated rings. The molecule has 3 aromatic rings. The summed E-state index contributed by atoms with van der Waals surface area (Å²) in [5.41, 5.74) is 1.31. The van der Waals surface area contributed by atoms with Crippen LogP contribution in [0.1, 0.15) is 25.7 Å². The number of hydrogen-bond acceptors (Lipinski definition) is 6. The van der Waals surface area contributed by atoms with Gasteiger partial charge in [0.15, 0.2) is 0 Å². The van der Waals surface area contributed by atoms with Crippen molar-refractivity contribution in [1.29, 1.82) is 0 Å². The number of hydrogen-bond donors (Lipinski definition) is 1. The summed E-state index contributed by atoms with van der Waals surface area (Å²) in [5, 5.41) is 8.14. The lowest BCUT2D eigenvalue weighted by Gasteiger charge is -2.15. The van der Waals surface area contributed by atoms with E-state index in [4.69, 9.17) is 9.15 Å². The molecule has 0 amide bonds. The molecule has 1 aliphatic carbocycles. The number of ether oxygens (including phenoxy) is 1. The maximum atomic E-state index is 12.9. The van der Waals surface area contributed by atoms with Crippen LogP contribution in [0.5, 0.6) is 5.75 Å². The second-order valence-corrected chi connectivity index (χ2v) is 8.43. The second kappa shape index (κ2) is 7.73. The third kappa shape index (κ3) is 3.79. The van der Waals surface area contributed by atoms with Crippen molar-refractivity contribution in [2.24, 2.45) is 0 Å². The Morgan fingerprint density at radius 3 is 2.36 bits per heavy atom. The average Bonchev–Trinajstić information content (AvgIpc) is 3.40. The Morgan fingerprint density at radius 1 is 1.00 bits per heavy atom. The van der Waals surface area contributed by atoms with Gasteiger partial charge >= 0.3 is 0 Å². The Balaban J connectivity index is 1.68. The van der Waals surface area contributed by atoms with Crippen LogP contribution >= 0.6 is 0 Å². The standard InChI is InChI=1S/C20H21N3O4S/c1-26-17-12-11-15(13-18(17)28(24,25)23-16-9-5-6-10-16)20-22-21-19(27-20)14-7-3-2-4-8-14/h2-4,7-8,11-13,16,23H,5-6,9-10H2,1H3. The summed E-state index contributed by atoms with van der Waals surface area (Å²) < 4.78 is 39.7. The number of sulfonamides is 1. The van der Waals surface area contributed by atoms with E-state index in [1.54, 1.807) is 12.1 Å². The van der Waals surface area contributed by atoms with E-state index in [0.29, 0.717) is 11.5 Å². The molecule has 4 rings (SSSR count). The summed E-state index contributed by atoms with van der Waals surface area (Å²) in [6.07, 6.45) is 3.78. The summed E-state index contributed by atoms with van der Waals surface area (Å²) >= 11 is 0. The van der Waals surface area contributed by atoms with Crippen LogP contribution < -0.4 is 9.46 Å². The molecule has 0 atom stereocenters. The molecule has 28 heavy (non-hydrogen) atoms. The average molecular weight is 399 g/mol. The van der Waals surface area contributed by atoms with Crippen LogP contribution in [0.2, 0.25) is 0 Å². The zero-order chi connectivity index (χ0) is 19.6. The fraction of sp³-hybridized carbons (Fsp3) is 0.300. The molecule has 2 aromatic carbocycles. The molecule has 1 aromatic heterocycles. The maximum absolute atomic E-state index is 12.9. The van der Waals surface area contributed by atoms with Crippen molar-refractivity contribution >= 4 is 10.0 Å². The molecule has 0 radical (unpaired) electrons. The van der Waals surface area contributed by atoms with Crippen molar-refractivity contribution in [2.75, 3.05) is 7.11 Å². The van der Waals surface area contributed by atoms with E-state index in [9.17, 15) is 8.42 Å². The smallest absolute Gasteiger partial charge is 0.248 e. The van der Waals surface area contributed by atoms with Crippen LogP contribution in [0.3, 0.4) is 0 Å². The fourth-order valence-corrected chi connectivity index (χ4v) is 4.88. The second-order valence-electron chi connectivity index (χ2n) is 6.75. The largest absolute Gasteiger partial charge is 0.495 e. The highest BCUT2D eigenvalue weighted by molar-refractivity contribution is 7.89. The summed E-state index contributed by atoms with van der Waals surface area (Å²) in [6.45, 7) is 0. The molecule has 1 aliphatic rings. The Hall–Kier alpha value is -2.71. The molecule has 146 valence electrons. The number of nitrogens with one attached hydrogen (secondary N) is 1. The molecule has 0 spiro atoms. The SMILES string of the molecule is COc1ccc(-c2nnc(-c3ccccc3)o2)cc1S(=O)(=O)NC1CCCC1. The van der Waals surface area contributed by atoms with Crippen molar-refractivity contribution in [1.82, 2.24) is 14.9 Å². The van der Waals surface area contributed by atoms with Crippen LogP contribution in [0.15, 0.2) is 57.8 Å². The normalized spacial score (nSPS) is 15.0. The van der Waals surface area contributed by atoms with Crippen LogP contribution in [0.4, 0.5) is 0 Å². The van der Waals surface area contributed by atoms with Gasteiger partial charge < -0.3 is 9.15 Å². The summed E-state index contributed by atoms with van der Waals surface area (Å²) in [5.74, 6) is 0.899. The van der Waals surface area contributed by atoms with Crippen molar-refractivity contribution in [3.63, 3.8) is 0 Å². The van der Waals surface area contributed by atoms with E-state index in [1.807, 2.05) is 30.3 Å². The van der Waals surface area contributed by atoms with Crippen LogP contribution in [-0.4, -0.2) is 31.8 Å². The first-order valence-electron chi connectivity index (χ1n) is 9.16. The first-order chi connectivity index (χ1) is 13.6. The van der Waals surface area contributed by atoms with Crippen LogP contribution in [-0.2, 0) is 10.0 Å². The van der Waals surface area contributed by atoms with E-state index in [1.165, 1.54) is 13.2 Å². The highest BCUT2D eigenvalue weighted by Crippen LogP contribution is 2.31. The fourth-order valence-electron chi connectivity index (χ4n) is 3.38. The molecule has 0 saturated heterocycles. The minimum Gasteiger partial charge on any atom is -0.495 e. The zero-order valence-corrected chi connectivity index (χ0v) is 16.3. The Labute approximate surface area is 163 Å². The van der Waals surface area contributed by atoms with Gasteiger partial charge in [-0.15, -0.1) is 10.2 Å².